The standard InChI is InChI=1S/C20H25O2S/c1-15-11-13-18(14-12-15)23(5,22)16(2)20(3,4)19(21)17-9-7-6-8-10-17/h6-14,19,21-22H,2,5H2,1,3-4H3/t19-/m1/s1/i3D3/t19-,20-. The smallest absolute Gasteiger partial charge is 0.0886 e. The minimum atomic E-state index is -2.91. The van der Waals surface area contributed by atoms with Gasteiger partial charge in [0.15, 0.2) is 0 Å². The minimum Gasteiger partial charge on any atom is -0.387 e. The van der Waals surface area contributed by atoms with Crippen LogP contribution in [0.1, 0.15) is 35.1 Å². The minimum absolute atomic E-state index is 0.0187. The molecule has 2 aromatic rings. The van der Waals surface area contributed by atoms with Crippen molar-refractivity contribution in [3.63, 3.8) is 0 Å². The van der Waals surface area contributed by atoms with Gasteiger partial charge in [-0.25, -0.2) is 0 Å². The summed E-state index contributed by atoms with van der Waals surface area (Å²) in [5.41, 5.74) is -0.311. The monoisotopic (exact) mass is 332 g/mol. The van der Waals surface area contributed by atoms with E-state index in [2.05, 4.69) is 12.8 Å². The second-order valence-corrected chi connectivity index (χ2v) is 8.32. The Balaban J connectivity index is 2.56. The number of aliphatic hydroxyl groups is 1. The molecule has 0 spiro atoms. The fraction of sp³-hybridized carbons (Fsp3) is 0.250. The molecule has 0 aliphatic rings. The summed E-state index contributed by atoms with van der Waals surface area (Å²) in [6.07, 6.45) is 2.54. The van der Waals surface area contributed by atoms with Crippen LogP contribution in [0.3, 0.4) is 0 Å². The zero-order chi connectivity index (χ0) is 19.8. The molecule has 0 fully saturated rings. The number of aryl methyl sites for hydroxylation is 1. The normalized spacial score (nSPS) is 21.7. The summed E-state index contributed by atoms with van der Waals surface area (Å²) in [5.74, 6) is 0. The van der Waals surface area contributed by atoms with Crippen LogP contribution in [0.2, 0.25) is 0 Å². The Morgan fingerprint density at radius 1 is 1.17 bits per heavy atom. The van der Waals surface area contributed by atoms with Crippen molar-refractivity contribution in [1.29, 1.82) is 0 Å². The number of benzene rings is 2. The Morgan fingerprint density at radius 2 is 1.74 bits per heavy atom. The maximum absolute atomic E-state index is 11.2. The van der Waals surface area contributed by atoms with E-state index in [4.69, 9.17) is 4.11 Å². The van der Waals surface area contributed by atoms with Crippen molar-refractivity contribution in [1.82, 2.24) is 0 Å². The van der Waals surface area contributed by atoms with Crippen LogP contribution in [-0.2, 0) is 0 Å². The summed E-state index contributed by atoms with van der Waals surface area (Å²) in [6, 6.07) is 15.6. The van der Waals surface area contributed by atoms with Crippen LogP contribution >= 0.6 is 10.3 Å². The molecule has 2 rings (SSSR count). The Hall–Kier alpha value is -1.55. The van der Waals surface area contributed by atoms with Gasteiger partial charge in [0.25, 0.3) is 0 Å². The van der Waals surface area contributed by atoms with E-state index in [-0.39, 0.29) is 4.91 Å². The molecular weight excluding hydrogens is 304 g/mol. The predicted octanol–water partition coefficient (Wildman–Crippen LogP) is 5.70. The summed E-state index contributed by atoms with van der Waals surface area (Å²) < 4.78 is 35.3. The van der Waals surface area contributed by atoms with Gasteiger partial charge in [-0.15, -0.1) is 0 Å². The summed E-state index contributed by atoms with van der Waals surface area (Å²) in [5, 5.41) is 11.0. The van der Waals surface area contributed by atoms with Gasteiger partial charge < -0.3 is 9.66 Å². The molecule has 0 bridgehead atoms. The molecule has 3 heteroatoms. The molecule has 0 heterocycles. The largest absolute Gasteiger partial charge is 0.387 e. The van der Waals surface area contributed by atoms with E-state index in [9.17, 15) is 9.66 Å². The third-order valence-electron chi connectivity index (χ3n) is 4.06. The van der Waals surface area contributed by atoms with Crippen LogP contribution in [0, 0.1) is 18.6 Å². The highest BCUT2D eigenvalue weighted by Crippen LogP contribution is 2.64. The van der Waals surface area contributed by atoms with E-state index in [1.54, 1.807) is 42.5 Å². The number of rotatable bonds is 5. The first-order chi connectivity index (χ1) is 11.9. The highest BCUT2D eigenvalue weighted by molar-refractivity contribution is 8.33. The van der Waals surface area contributed by atoms with Gasteiger partial charge in [-0.3, -0.25) is 0 Å². The average molecular weight is 333 g/mol. The van der Waals surface area contributed by atoms with E-state index >= 15 is 0 Å². The predicted molar refractivity (Wildman–Crippen MR) is 99.3 cm³/mol. The summed E-state index contributed by atoms with van der Waals surface area (Å²) in [7, 11) is -2.91. The van der Waals surface area contributed by atoms with Crippen molar-refractivity contribution in [2.75, 3.05) is 0 Å². The first-order valence-corrected chi connectivity index (χ1v) is 9.06. The fourth-order valence-electron chi connectivity index (χ4n) is 2.38. The summed E-state index contributed by atoms with van der Waals surface area (Å²) >= 11 is 0. The van der Waals surface area contributed by atoms with Gasteiger partial charge in [0, 0.05) is 20.7 Å². The van der Waals surface area contributed by atoms with Gasteiger partial charge in [-0.1, -0.05) is 78.7 Å². The van der Waals surface area contributed by atoms with Crippen LogP contribution in [0.15, 0.2) is 71.0 Å². The van der Waals surface area contributed by atoms with Crippen molar-refractivity contribution in [2.24, 2.45) is 5.41 Å². The van der Waals surface area contributed by atoms with E-state index in [0.717, 1.165) is 5.56 Å². The maximum Gasteiger partial charge on any atom is 0.0886 e. The van der Waals surface area contributed by atoms with Crippen LogP contribution in [0.25, 0.3) is 0 Å². The van der Waals surface area contributed by atoms with E-state index in [1.165, 1.54) is 6.92 Å². The summed E-state index contributed by atoms with van der Waals surface area (Å²) in [6.45, 7) is 4.65. The van der Waals surface area contributed by atoms with Crippen molar-refractivity contribution in [3.05, 3.63) is 83.5 Å². The molecule has 1 unspecified atom stereocenters. The molecule has 0 saturated carbocycles. The maximum atomic E-state index is 11.2. The second kappa shape index (κ2) is 6.52. The third kappa shape index (κ3) is 3.52. The molecule has 23 heavy (non-hydrogen) atoms. The molecule has 1 radical (unpaired) electrons. The van der Waals surface area contributed by atoms with Crippen molar-refractivity contribution >= 4 is 10.3 Å². The Labute approximate surface area is 145 Å². The lowest BCUT2D eigenvalue weighted by atomic mass is 9.82. The van der Waals surface area contributed by atoms with Crippen LogP contribution in [0.5, 0.6) is 0 Å². The van der Waals surface area contributed by atoms with E-state index < -0.39 is 28.7 Å². The van der Waals surface area contributed by atoms with Gasteiger partial charge in [0.05, 0.1) is 6.10 Å². The Kier molecular flexibility index (Phi) is 3.93. The van der Waals surface area contributed by atoms with Crippen LogP contribution in [0.4, 0.5) is 0 Å². The van der Waals surface area contributed by atoms with Crippen LogP contribution in [-0.4, -0.2) is 9.66 Å². The molecule has 0 aliphatic carbocycles. The summed E-state index contributed by atoms with van der Waals surface area (Å²) in [4.78, 5) is 0.522. The quantitative estimate of drug-likeness (QED) is 0.737. The average Bonchev–Trinajstić information content (AvgIpc) is 2.59. The highest BCUT2D eigenvalue weighted by Gasteiger charge is 2.39. The zero-order valence-corrected chi connectivity index (χ0v) is 14.3. The SMILES string of the molecule is [2H]C([2H])([2H])[C@@](C)(C(=C)S([CH2])(O)c1ccc(C)cc1)[C@H](O)c1ccccc1. The Morgan fingerprint density at radius 3 is 2.26 bits per heavy atom. The number of hydrogen-bond donors (Lipinski definition) is 2. The molecule has 2 aromatic carbocycles. The third-order valence-corrected chi connectivity index (χ3v) is 6.35. The topological polar surface area (TPSA) is 40.5 Å². The molecule has 0 aromatic heterocycles. The first kappa shape index (κ1) is 13.8. The number of aliphatic hydroxyl groups excluding tert-OH is 1. The second-order valence-electron chi connectivity index (χ2n) is 5.95. The van der Waals surface area contributed by atoms with Crippen LogP contribution < -0.4 is 0 Å². The van der Waals surface area contributed by atoms with E-state index in [1.807, 2.05) is 19.1 Å². The van der Waals surface area contributed by atoms with Gasteiger partial charge in [0.2, 0.25) is 0 Å². The van der Waals surface area contributed by atoms with Gasteiger partial charge in [-0.2, -0.15) is 0 Å². The number of hydrogen-bond acceptors (Lipinski definition) is 2. The van der Waals surface area contributed by atoms with Gasteiger partial charge in [0.1, 0.15) is 0 Å². The molecule has 0 saturated heterocycles. The van der Waals surface area contributed by atoms with E-state index in [0.29, 0.717) is 10.5 Å². The molecule has 0 amide bonds. The van der Waals surface area contributed by atoms with Crippen molar-refractivity contribution < 1.29 is 13.8 Å². The molecule has 3 atom stereocenters. The molecule has 0 aliphatic heterocycles. The lowest BCUT2D eigenvalue weighted by molar-refractivity contribution is 0.0791. The highest BCUT2D eigenvalue weighted by atomic mass is 32.3. The molecular formula is C20H25O2S. The van der Waals surface area contributed by atoms with Gasteiger partial charge >= 0.3 is 0 Å². The molecule has 123 valence electrons. The van der Waals surface area contributed by atoms with Crippen molar-refractivity contribution in [3.8, 4) is 0 Å². The first-order valence-electron chi connectivity index (χ1n) is 8.80. The lowest BCUT2D eigenvalue weighted by Gasteiger charge is -2.43. The zero-order valence-electron chi connectivity index (χ0n) is 16.5. The lowest BCUT2D eigenvalue weighted by Crippen LogP contribution is -2.26. The fourth-order valence-corrected chi connectivity index (χ4v) is 4.06. The van der Waals surface area contributed by atoms with Crippen molar-refractivity contribution in [2.45, 2.75) is 31.7 Å². The molecule has 2 nitrogen and oxygen atoms in total. The molecule has 2 N–H and O–H groups in total. The Bertz CT molecular complexity index is 770. The van der Waals surface area contributed by atoms with Gasteiger partial charge in [-0.05, 0) is 29.5 Å².